The Morgan fingerprint density at radius 1 is 1.32 bits per heavy atom. The maximum atomic E-state index is 11.7. The summed E-state index contributed by atoms with van der Waals surface area (Å²) in [7, 11) is -2.88. The van der Waals surface area contributed by atoms with Crippen LogP contribution in [-0.2, 0) is 9.84 Å². The molecule has 1 aliphatic rings. The Hall–Kier alpha value is -0.430. The van der Waals surface area contributed by atoms with Crippen molar-refractivity contribution < 1.29 is 8.42 Å². The van der Waals surface area contributed by atoms with Crippen LogP contribution >= 0.6 is 15.9 Å². The number of rotatable bonds is 3. The predicted molar refractivity (Wildman–Crippen MR) is 80.8 cm³/mol. The van der Waals surface area contributed by atoms with E-state index < -0.39 is 9.84 Å². The van der Waals surface area contributed by atoms with Gasteiger partial charge in [-0.25, -0.2) is 8.42 Å². The summed E-state index contributed by atoms with van der Waals surface area (Å²) in [5.74, 6) is 0.525. The number of hydrogen-bond donors (Lipinski definition) is 1. The van der Waals surface area contributed by atoms with Gasteiger partial charge < -0.3 is 5.73 Å². The van der Waals surface area contributed by atoms with Gasteiger partial charge in [0, 0.05) is 23.6 Å². The normalized spacial score (nSPS) is 21.8. The van der Waals surface area contributed by atoms with Crippen molar-refractivity contribution in [1.29, 1.82) is 0 Å². The third-order valence-electron chi connectivity index (χ3n) is 3.49. The molecular weight excluding hydrogens is 328 g/mol. The predicted octanol–water partition coefficient (Wildman–Crippen LogP) is 1.57. The van der Waals surface area contributed by atoms with Gasteiger partial charge in [0.05, 0.1) is 11.5 Å². The van der Waals surface area contributed by atoms with Gasteiger partial charge in [-0.15, -0.1) is 0 Å². The number of nitrogens with two attached hydrogens (primary N) is 1. The van der Waals surface area contributed by atoms with Gasteiger partial charge in [-0.2, -0.15) is 0 Å². The number of nitrogens with zero attached hydrogens (tertiary/aromatic N) is 1. The topological polar surface area (TPSA) is 63.4 Å². The molecule has 106 valence electrons. The van der Waals surface area contributed by atoms with Crippen molar-refractivity contribution in [1.82, 2.24) is 4.90 Å². The average molecular weight is 347 g/mol. The molecular formula is C13H19BrN2O2S. The molecule has 1 unspecified atom stereocenters. The Balaban J connectivity index is 2.18. The maximum absolute atomic E-state index is 11.7. The highest BCUT2D eigenvalue weighted by atomic mass is 79.9. The first-order chi connectivity index (χ1) is 9.02. The van der Waals surface area contributed by atoms with Crippen molar-refractivity contribution in [2.24, 2.45) is 5.73 Å². The van der Waals surface area contributed by atoms with Crippen molar-refractivity contribution in [2.45, 2.75) is 12.5 Å². The molecule has 2 rings (SSSR count). The monoisotopic (exact) mass is 346 g/mol. The summed E-state index contributed by atoms with van der Waals surface area (Å²) in [5.41, 5.74) is 7.03. The molecule has 0 amide bonds. The van der Waals surface area contributed by atoms with Gasteiger partial charge >= 0.3 is 0 Å². The first-order valence-corrected chi connectivity index (χ1v) is 9.03. The van der Waals surface area contributed by atoms with E-state index in [1.54, 1.807) is 0 Å². The molecule has 4 nitrogen and oxygen atoms in total. The number of sulfone groups is 1. The van der Waals surface area contributed by atoms with Crippen LogP contribution in [0.4, 0.5) is 0 Å². The van der Waals surface area contributed by atoms with Crippen LogP contribution in [0, 0.1) is 0 Å². The molecule has 1 aliphatic heterocycles. The minimum Gasteiger partial charge on any atom is -0.329 e. The van der Waals surface area contributed by atoms with Gasteiger partial charge in [0.15, 0.2) is 9.84 Å². The molecule has 0 saturated carbocycles. The highest BCUT2D eigenvalue weighted by Gasteiger charge is 2.25. The van der Waals surface area contributed by atoms with Gasteiger partial charge in [0.2, 0.25) is 0 Å². The van der Waals surface area contributed by atoms with E-state index >= 15 is 0 Å². The van der Waals surface area contributed by atoms with E-state index in [1.165, 1.54) is 0 Å². The maximum Gasteiger partial charge on any atom is 0.151 e. The lowest BCUT2D eigenvalue weighted by molar-refractivity contribution is 0.218. The average Bonchev–Trinajstić information content (AvgIpc) is 2.52. The Morgan fingerprint density at radius 3 is 2.79 bits per heavy atom. The standard InChI is InChI=1S/C13H19BrN2O2S/c14-12-4-1-3-11(9-12)13(10-15)16-5-2-7-19(17,18)8-6-16/h1,3-4,9,13H,2,5-8,10,15H2. The van der Waals surface area contributed by atoms with E-state index in [4.69, 9.17) is 5.73 Å². The minimum absolute atomic E-state index is 0.0887. The van der Waals surface area contributed by atoms with Crippen LogP contribution in [0.5, 0.6) is 0 Å². The molecule has 1 heterocycles. The van der Waals surface area contributed by atoms with E-state index in [1.807, 2.05) is 18.2 Å². The molecule has 6 heteroatoms. The first kappa shape index (κ1) is 15.0. The molecule has 19 heavy (non-hydrogen) atoms. The van der Waals surface area contributed by atoms with Crippen molar-refractivity contribution in [3.05, 3.63) is 34.3 Å². The fourth-order valence-electron chi connectivity index (χ4n) is 2.48. The lowest BCUT2D eigenvalue weighted by Gasteiger charge is -2.29. The van der Waals surface area contributed by atoms with Gasteiger partial charge in [-0.3, -0.25) is 4.90 Å². The van der Waals surface area contributed by atoms with Crippen molar-refractivity contribution in [3.8, 4) is 0 Å². The molecule has 2 N–H and O–H groups in total. The van der Waals surface area contributed by atoms with Gasteiger partial charge in [0.25, 0.3) is 0 Å². The zero-order valence-electron chi connectivity index (χ0n) is 10.8. The Bertz CT molecular complexity index is 533. The van der Waals surface area contributed by atoms with Crippen LogP contribution in [0.1, 0.15) is 18.0 Å². The van der Waals surface area contributed by atoms with Crippen molar-refractivity contribution >= 4 is 25.8 Å². The molecule has 0 aliphatic carbocycles. The van der Waals surface area contributed by atoms with Crippen LogP contribution in [0.3, 0.4) is 0 Å². The summed E-state index contributed by atoms with van der Waals surface area (Å²) >= 11 is 3.46. The Morgan fingerprint density at radius 2 is 2.11 bits per heavy atom. The van der Waals surface area contributed by atoms with Crippen molar-refractivity contribution in [2.75, 3.05) is 31.1 Å². The molecule has 1 aromatic rings. The molecule has 1 saturated heterocycles. The Kier molecular flexibility index (Phi) is 5.00. The lowest BCUT2D eigenvalue weighted by atomic mass is 10.1. The smallest absolute Gasteiger partial charge is 0.151 e. The summed E-state index contributed by atoms with van der Waals surface area (Å²) in [6.07, 6.45) is 0.687. The van der Waals surface area contributed by atoms with Crippen LogP contribution in [0.2, 0.25) is 0 Å². The molecule has 0 spiro atoms. The lowest BCUT2D eigenvalue weighted by Crippen LogP contribution is -2.35. The molecule has 1 aromatic carbocycles. The zero-order valence-corrected chi connectivity index (χ0v) is 13.2. The van der Waals surface area contributed by atoms with E-state index in [9.17, 15) is 8.42 Å². The largest absolute Gasteiger partial charge is 0.329 e. The summed E-state index contributed by atoms with van der Waals surface area (Å²) < 4.78 is 24.3. The number of halogens is 1. The third kappa shape index (κ3) is 4.02. The second-order valence-electron chi connectivity index (χ2n) is 4.85. The second kappa shape index (κ2) is 6.35. The summed E-state index contributed by atoms with van der Waals surface area (Å²) in [6, 6.07) is 8.14. The van der Waals surface area contributed by atoms with E-state index in [-0.39, 0.29) is 11.8 Å². The van der Waals surface area contributed by atoms with Crippen molar-refractivity contribution in [3.63, 3.8) is 0 Å². The van der Waals surface area contributed by atoms with Gasteiger partial charge in [-0.05, 0) is 30.7 Å². The SMILES string of the molecule is NCC(c1cccc(Br)c1)N1CCCS(=O)(=O)CC1. The molecule has 0 radical (unpaired) electrons. The van der Waals surface area contributed by atoms with Crippen LogP contribution in [0.25, 0.3) is 0 Å². The van der Waals surface area contributed by atoms with E-state index in [0.717, 1.165) is 16.6 Å². The third-order valence-corrected chi connectivity index (χ3v) is 5.70. The fraction of sp³-hybridized carbons (Fsp3) is 0.538. The zero-order chi connectivity index (χ0) is 13.9. The quantitative estimate of drug-likeness (QED) is 0.902. The highest BCUT2D eigenvalue weighted by molar-refractivity contribution is 9.10. The van der Waals surface area contributed by atoms with Crippen LogP contribution in [0.15, 0.2) is 28.7 Å². The summed E-state index contributed by atoms with van der Waals surface area (Å²) in [6.45, 7) is 1.85. The first-order valence-electron chi connectivity index (χ1n) is 6.42. The van der Waals surface area contributed by atoms with E-state index in [2.05, 4.69) is 26.9 Å². The molecule has 1 atom stereocenters. The van der Waals surface area contributed by atoms with Crippen LogP contribution in [-0.4, -0.2) is 44.5 Å². The Labute approximate surface area is 123 Å². The van der Waals surface area contributed by atoms with E-state index in [0.29, 0.717) is 25.3 Å². The number of benzene rings is 1. The fourth-order valence-corrected chi connectivity index (χ4v) is 4.18. The molecule has 0 bridgehead atoms. The molecule has 0 aromatic heterocycles. The summed E-state index contributed by atoms with van der Waals surface area (Å²) in [5, 5.41) is 0. The summed E-state index contributed by atoms with van der Waals surface area (Å²) in [4.78, 5) is 2.19. The van der Waals surface area contributed by atoms with Gasteiger partial charge in [0.1, 0.15) is 0 Å². The molecule has 1 fully saturated rings. The minimum atomic E-state index is -2.88. The van der Waals surface area contributed by atoms with Crippen LogP contribution < -0.4 is 5.73 Å². The second-order valence-corrected chi connectivity index (χ2v) is 8.07. The number of hydrogen-bond acceptors (Lipinski definition) is 4. The van der Waals surface area contributed by atoms with Gasteiger partial charge in [-0.1, -0.05) is 28.1 Å². The highest BCUT2D eigenvalue weighted by Crippen LogP contribution is 2.24.